The van der Waals surface area contributed by atoms with Gasteiger partial charge in [0.2, 0.25) is 10.0 Å². The van der Waals surface area contributed by atoms with Crippen molar-refractivity contribution in [3.8, 4) is 0 Å². The van der Waals surface area contributed by atoms with E-state index in [0.717, 1.165) is 31.2 Å². The molecule has 0 unspecified atom stereocenters. The minimum absolute atomic E-state index is 0.280. The third-order valence-corrected chi connectivity index (χ3v) is 7.04. The lowest BCUT2D eigenvalue weighted by atomic mass is 9.93. The van der Waals surface area contributed by atoms with E-state index in [9.17, 15) is 8.42 Å². The second-order valence-electron chi connectivity index (χ2n) is 6.87. The molecular formula is C16H23N5O2S. The van der Waals surface area contributed by atoms with E-state index in [1.165, 1.54) is 12.6 Å². The molecule has 0 aromatic carbocycles. The van der Waals surface area contributed by atoms with Crippen LogP contribution >= 0.6 is 0 Å². The molecule has 1 aliphatic carbocycles. The van der Waals surface area contributed by atoms with Crippen LogP contribution in [0.4, 0.5) is 0 Å². The molecule has 0 N–H and O–H groups in total. The van der Waals surface area contributed by atoms with Crippen molar-refractivity contribution in [1.82, 2.24) is 23.9 Å². The molecule has 3 heterocycles. The summed E-state index contributed by atoms with van der Waals surface area (Å²) in [5.41, 5.74) is 1.13. The van der Waals surface area contributed by atoms with Gasteiger partial charge in [0.05, 0.1) is 24.5 Å². The minimum Gasteiger partial charge on any atom is -0.269 e. The van der Waals surface area contributed by atoms with Gasteiger partial charge in [-0.25, -0.2) is 8.42 Å². The molecule has 7 nitrogen and oxygen atoms in total. The molecule has 0 atom stereocenters. The highest BCUT2D eigenvalue weighted by Crippen LogP contribution is 2.32. The summed E-state index contributed by atoms with van der Waals surface area (Å²) in [6, 6.07) is 0.658. The smallest absolute Gasteiger partial charge is 0.246 e. The molecule has 2 fully saturated rings. The van der Waals surface area contributed by atoms with Crippen LogP contribution in [0.3, 0.4) is 0 Å². The molecule has 8 heteroatoms. The van der Waals surface area contributed by atoms with Crippen LogP contribution < -0.4 is 0 Å². The maximum Gasteiger partial charge on any atom is 0.246 e. The molecule has 1 saturated heterocycles. The van der Waals surface area contributed by atoms with Crippen LogP contribution in [-0.2, 0) is 10.0 Å². The van der Waals surface area contributed by atoms with Gasteiger partial charge in [-0.2, -0.15) is 14.5 Å². The third kappa shape index (κ3) is 2.77. The first-order chi connectivity index (χ1) is 11.5. The highest BCUT2D eigenvalue weighted by molar-refractivity contribution is 7.89. The van der Waals surface area contributed by atoms with E-state index in [-0.39, 0.29) is 6.04 Å². The Kier molecular flexibility index (Phi) is 3.96. The summed E-state index contributed by atoms with van der Waals surface area (Å²) in [5.74, 6) is 0. The van der Waals surface area contributed by atoms with Gasteiger partial charge in [-0.15, -0.1) is 0 Å². The fourth-order valence-corrected chi connectivity index (χ4v) is 4.84. The van der Waals surface area contributed by atoms with Crippen molar-refractivity contribution in [2.24, 2.45) is 0 Å². The summed E-state index contributed by atoms with van der Waals surface area (Å²) in [5, 5.41) is 8.62. The highest BCUT2D eigenvalue weighted by Gasteiger charge is 2.32. The molecule has 130 valence electrons. The summed E-state index contributed by atoms with van der Waals surface area (Å²) in [6.45, 7) is 3.07. The quantitative estimate of drug-likeness (QED) is 0.848. The maximum absolute atomic E-state index is 12.8. The lowest BCUT2D eigenvalue weighted by Crippen LogP contribution is -2.39. The van der Waals surface area contributed by atoms with Crippen LogP contribution in [0.5, 0.6) is 0 Å². The lowest BCUT2D eigenvalue weighted by Gasteiger charge is -2.31. The number of sulfonamides is 1. The van der Waals surface area contributed by atoms with Crippen molar-refractivity contribution < 1.29 is 8.42 Å². The lowest BCUT2D eigenvalue weighted by molar-refractivity contribution is 0.261. The molecule has 0 bridgehead atoms. The van der Waals surface area contributed by atoms with Crippen LogP contribution in [0.1, 0.15) is 49.8 Å². The number of piperidine rings is 1. The van der Waals surface area contributed by atoms with Gasteiger partial charge in [0, 0.05) is 25.5 Å². The van der Waals surface area contributed by atoms with E-state index in [1.54, 1.807) is 10.5 Å². The van der Waals surface area contributed by atoms with Crippen LogP contribution in [0.2, 0.25) is 0 Å². The number of hydrogen-bond donors (Lipinski definition) is 0. The van der Waals surface area contributed by atoms with Crippen molar-refractivity contribution in [2.45, 2.75) is 56.0 Å². The molecule has 2 aliphatic rings. The molecule has 2 aromatic rings. The number of hydrogen-bond acceptors (Lipinski definition) is 4. The van der Waals surface area contributed by atoms with E-state index >= 15 is 0 Å². The Bertz CT molecular complexity index is 813. The van der Waals surface area contributed by atoms with E-state index in [0.29, 0.717) is 24.0 Å². The van der Waals surface area contributed by atoms with Crippen LogP contribution in [0, 0.1) is 6.92 Å². The Morgan fingerprint density at radius 3 is 2.17 bits per heavy atom. The predicted molar refractivity (Wildman–Crippen MR) is 89.1 cm³/mol. The fraction of sp³-hybridized carbons (Fsp3) is 0.625. The zero-order chi connectivity index (χ0) is 16.7. The van der Waals surface area contributed by atoms with Crippen molar-refractivity contribution in [2.75, 3.05) is 13.1 Å². The molecular weight excluding hydrogens is 326 g/mol. The molecule has 24 heavy (non-hydrogen) atoms. The summed E-state index contributed by atoms with van der Waals surface area (Å²) in [6.07, 6.45) is 12.0. The Morgan fingerprint density at radius 1 is 0.958 bits per heavy atom. The van der Waals surface area contributed by atoms with Crippen molar-refractivity contribution in [3.05, 3.63) is 30.4 Å². The zero-order valence-corrected chi connectivity index (χ0v) is 14.7. The average molecular weight is 349 g/mol. The predicted octanol–water partition coefficient (Wildman–Crippen LogP) is 2.14. The van der Waals surface area contributed by atoms with Crippen LogP contribution in [-0.4, -0.2) is 45.4 Å². The molecule has 0 amide bonds. The summed E-state index contributed by atoms with van der Waals surface area (Å²) >= 11 is 0. The minimum atomic E-state index is -3.44. The highest BCUT2D eigenvalue weighted by atomic mass is 32.2. The average Bonchev–Trinajstić information content (AvgIpc) is 3.15. The Labute approximate surface area is 142 Å². The molecule has 2 aromatic heterocycles. The maximum atomic E-state index is 12.8. The number of rotatable bonds is 4. The topological polar surface area (TPSA) is 73.0 Å². The van der Waals surface area contributed by atoms with Gasteiger partial charge in [-0.3, -0.25) is 9.36 Å². The monoisotopic (exact) mass is 349 g/mol. The first-order valence-electron chi connectivity index (χ1n) is 8.59. The summed E-state index contributed by atoms with van der Waals surface area (Å²) in [7, 11) is -3.44. The number of nitrogens with zero attached hydrogens (tertiary/aromatic N) is 5. The van der Waals surface area contributed by atoms with Gasteiger partial charge in [0.15, 0.2) is 0 Å². The van der Waals surface area contributed by atoms with E-state index in [2.05, 4.69) is 10.2 Å². The van der Waals surface area contributed by atoms with E-state index in [1.807, 2.05) is 28.7 Å². The Morgan fingerprint density at radius 2 is 1.58 bits per heavy atom. The van der Waals surface area contributed by atoms with Crippen LogP contribution in [0.25, 0.3) is 0 Å². The second-order valence-corrected chi connectivity index (χ2v) is 8.81. The number of aromatic nitrogens is 4. The second kappa shape index (κ2) is 6.00. The van der Waals surface area contributed by atoms with Gasteiger partial charge in [-0.1, -0.05) is 0 Å². The summed E-state index contributed by atoms with van der Waals surface area (Å²) in [4.78, 5) is 0.322. The van der Waals surface area contributed by atoms with Gasteiger partial charge in [0.25, 0.3) is 0 Å². The molecule has 4 rings (SSSR count). The van der Waals surface area contributed by atoms with Gasteiger partial charge >= 0.3 is 0 Å². The number of aryl methyl sites for hydroxylation is 1. The van der Waals surface area contributed by atoms with E-state index < -0.39 is 10.0 Å². The molecule has 1 aliphatic heterocycles. The Hall–Kier alpha value is -1.67. The van der Waals surface area contributed by atoms with Crippen molar-refractivity contribution >= 4 is 10.0 Å². The molecule has 0 radical (unpaired) electrons. The van der Waals surface area contributed by atoms with Crippen LogP contribution in [0.15, 0.2) is 29.7 Å². The van der Waals surface area contributed by atoms with Gasteiger partial charge in [0.1, 0.15) is 4.90 Å². The van der Waals surface area contributed by atoms with Crippen molar-refractivity contribution in [3.63, 3.8) is 0 Å². The normalized spacial score (nSPS) is 21.0. The first-order valence-corrected chi connectivity index (χ1v) is 10.0. The molecule has 0 spiro atoms. The zero-order valence-electron chi connectivity index (χ0n) is 13.9. The Balaban J connectivity index is 1.44. The summed E-state index contributed by atoms with van der Waals surface area (Å²) < 4.78 is 31.0. The van der Waals surface area contributed by atoms with Gasteiger partial charge in [-0.05, 0) is 44.6 Å². The third-order valence-electron chi connectivity index (χ3n) is 5.19. The standard InChI is InChI=1S/C16H23N5O2S/c1-13-9-17-20(11-13)15-5-7-19(8-6-15)24(22,23)16-10-18-21(12-16)14-3-2-4-14/h9-12,14-15H,2-8H2,1H3. The largest absolute Gasteiger partial charge is 0.269 e. The van der Waals surface area contributed by atoms with Crippen molar-refractivity contribution in [1.29, 1.82) is 0 Å². The fourth-order valence-electron chi connectivity index (χ4n) is 3.43. The van der Waals surface area contributed by atoms with E-state index in [4.69, 9.17) is 0 Å². The SMILES string of the molecule is Cc1cnn(C2CCN(S(=O)(=O)c3cnn(C4CCC4)c3)CC2)c1. The first kappa shape index (κ1) is 15.8. The molecule has 1 saturated carbocycles. The van der Waals surface area contributed by atoms with Gasteiger partial charge < -0.3 is 0 Å².